The van der Waals surface area contributed by atoms with E-state index in [1.54, 1.807) is 0 Å². The summed E-state index contributed by atoms with van der Waals surface area (Å²) in [6.45, 7) is 0.448. The van der Waals surface area contributed by atoms with Gasteiger partial charge in [-0.1, -0.05) is 6.07 Å². The lowest BCUT2D eigenvalue weighted by Gasteiger charge is -2.02. The fourth-order valence-corrected chi connectivity index (χ4v) is 1.97. The van der Waals surface area contributed by atoms with Crippen molar-refractivity contribution in [2.45, 2.75) is 6.42 Å². The van der Waals surface area contributed by atoms with Crippen LogP contribution in [0.25, 0.3) is 5.65 Å². The monoisotopic (exact) mass is 283 g/mol. The number of rotatable bonds is 4. The summed E-state index contributed by atoms with van der Waals surface area (Å²) in [6.07, 6.45) is 4.48. The average molecular weight is 283 g/mol. The van der Waals surface area contributed by atoms with Crippen LogP contribution >= 0.6 is 0 Å². The molecule has 3 heterocycles. The van der Waals surface area contributed by atoms with Crippen LogP contribution in [0.1, 0.15) is 16.2 Å². The molecule has 0 aromatic carbocycles. The molecule has 0 saturated carbocycles. The van der Waals surface area contributed by atoms with Gasteiger partial charge in [0, 0.05) is 31.4 Å². The Kier molecular flexibility index (Phi) is 3.46. The summed E-state index contributed by atoms with van der Waals surface area (Å²) in [6, 6.07) is 8.44. The second-order valence-electron chi connectivity index (χ2n) is 4.51. The van der Waals surface area contributed by atoms with Crippen LogP contribution < -0.4 is 10.9 Å². The number of carbonyl (C=O) groups is 1. The van der Waals surface area contributed by atoms with Crippen LogP contribution in [0.3, 0.4) is 0 Å². The van der Waals surface area contributed by atoms with E-state index in [9.17, 15) is 9.59 Å². The van der Waals surface area contributed by atoms with Gasteiger partial charge in [0.2, 0.25) is 0 Å². The Bertz CT molecular complexity index is 783. The number of fused-ring (bicyclic) bond motifs is 1. The van der Waals surface area contributed by atoms with Crippen molar-refractivity contribution in [1.82, 2.24) is 24.9 Å². The van der Waals surface area contributed by atoms with Crippen LogP contribution in [0.15, 0.2) is 47.5 Å². The summed E-state index contributed by atoms with van der Waals surface area (Å²) >= 11 is 0. The number of hydrogen-bond donors (Lipinski definition) is 2. The van der Waals surface area contributed by atoms with E-state index in [2.05, 4.69) is 20.5 Å². The molecule has 0 spiro atoms. The maximum absolute atomic E-state index is 11.8. The van der Waals surface area contributed by atoms with E-state index >= 15 is 0 Å². The molecule has 0 aliphatic carbocycles. The highest BCUT2D eigenvalue weighted by Crippen LogP contribution is 2.04. The molecule has 0 atom stereocenters. The number of aromatic nitrogens is 4. The number of aromatic amines is 1. The van der Waals surface area contributed by atoms with Crippen molar-refractivity contribution in [2.24, 2.45) is 0 Å². The number of nitrogens with zero attached hydrogens (tertiary/aromatic N) is 3. The van der Waals surface area contributed by atoms with Gasteiger partial charge in [-0.25, -0.2) is 10.1 Å². The average Bonchev–Trinajstić information content (AvgIpc) is 2.90. The van der Waals surface area contributed by atoms with Crippen LogP contribution in [-0.2, 0) is 6.42 Å². The fourth-order valence-electron chi connectivity index (χ4n) is 1.97. The Labute approximate surface area is 119 Å². The van der Waals surface area contributed by atoms with E-state index in [1.807, 2.05) is 35.0 Å². The first-order valence-electron chi connectivity index (χ1n) is 6.49. The van der Waals surface area contributed by atoms with Crippen LogP contribution in [0.4, 0.5) is 0 Å². The Hall–Kier alpha value is -2.96. The van der Waals surface area contributed by atoms with Gasteiger partial charge in [-0.3, -0.25) is 9.59 Å². The summed E-state index contributed by atoms with van der Waals surface area (Å²) in [5, 5.41) is 8.63. The molecule has 7 heteroatoms. The maximum atomic E-state index is 11.8. The van der Waals surface area contributed by atoms with E-state index in [0.29, 0.717) is 13.0 Å². The van der Waals surface area contributed by atoms with Crippen molar-refractivity contribution >= 4 is 11.6 Å². The van der Waals surface area contributed by atoms with Gasteiger partial charge in [0.25, 0.3) is 11.5 Å². The van der Waals surface area contributed by atoms with Crippen LogP contribution in [-0.4, -0.2) is 32.0 Å². The predicted octanol–water partition coefficient (Wildman–Crippen LogP) is 0.390. The Morgan fingerprint density at radius 3 is 2.95 bits per heavy atom. The molecule has 106 valence electrons. The Balaban J connectivity index is 1.59. The highest BCUT2D eigenvalue weighted by Gasteiger charge is 2.07. The number of carbonyl (C=O) groups excluding carboxylic acids is 1. The molecule has 1 amide bonds. The minimum absolute atomic E-state index is 0.185. The largest absolute Gasteiger partial charge is 0.350 e. The van der Waals surface area contributed by atoms with E-state index in [-0.39, 0.29) is 17.2 Å². The third-order valence-corrected chi connectivity index (χ3v) is 2.99. The molecule has 0 aliphatic rings. The molecule has 0 aliphatic heterocycles. The molecule has 7 nitrogen and oxygen atoms in total. The third kappa shape index (κ3) is 2.97. The summed E-state index contributed by atoms with van der Waals surface area (Å²) < 4.78 is 1.93. The molecular formula is C14H13N5O2. The lowest BCUT2D eigenvalue weighted by atomic mass is 10.3. The first kappa shape index (κ1) is 13.0. The zero-order valence-corrected chi connectivity index (χ0v) is 11.1. The first-order chi connectivity index (χ1) is 10.2. The summed E-state index contributed by atoms with van der Waals surface area (Å²) in [7, 11) is 0. The van der Waals surface area contributed by atoms with Crippen molar-refractivity contribution in [3.63, 3.8) is 0 Å². The van der Waals surface area contributed by atoms with Gasteiger partial charge in [0.15, 0.2) is 0 Å². The van der Waals surface area contributed by atoms with Crippen molar-refractivity contribution in [3.05, 3.63) is 64.5 Å². The molecular weight excluding hydrogens is 270 g/mol. The second-order valence-corrected chi connectivity index (χ2v) is 4.51. The molecule has 0 unspecified atom stereocenters. The van der Waals surface area contributed by atoms with Crippen molar-refractivity contribution in [1.29, 1.82) is 0 Å². The molecule has 3 aromatic rings. The zero-order valence-electron chi connectivity index (χ0n) is 11.1. The SMILES string of the molecule is O=C(NCCc1cn2ccccc2n1)c1ccc(=O)[nH]n1. The van der Waals surface area contributed by atoms with Gasteiger partial charge in [0.05, 0.1) is 5.69 Å². The quantitative estimate of drug-likeness (QED) is 0.724. The highest BCUT2D eigenvalue weighted by atomic mass is 16.2. The number of H-pyrrole nitrogens is 1. The summed E-state index contributed by atoms with van der Waals surface area (Å²) in [4.78, 5) is 27.1. The predicted molar refractivity (Wildman–Crippen MR) is 76.1 cm³/mol. The van der Waals surface area contributed by atoms with Crippen LogP contribution in [0.5, 0.6) is 0 Å². The number of imidazole rings is 1. The number of nitrogens with one attached hydrogen (secondary N) is 2. The smallest absolute Gasteiger partial charge is 0.271 e. The van der Waals surface area contributed by atoms with E-state index in [1.165, 1.54) is 12.1 Å². The van der Waals surface area contributed by atoms with Gasteiger partial charge in [-0.15, -0.1) is 0 Å². The summed E-state index contributed by atoms with van der Waals surface area (Å²) in [5.74, 6) is -0.324. The first-order valence-corrected chi connectivity index (χ1v) is 6.49. The molecule has 0 saturated heterocycles. The second kappa shape index (κ2) is 5.58. The number of pyridine rings is 1. The molecule has 3 rings (SSSR count). The summed E-state index contributed by atoms with van der Waals surface area (Å²) in [5.41, 5.74) is 1.62. The molecule has 2 N–H and O–H groups in total. The van der Waals surface area contributed by atoms with E-state index in [4.69, 9.17) is 0 Å². The standard InChI is InChI=1S/C14H13N5O2/c20-13-5-4-11(17-18-13)14(21)15-7-6-10-9-19-8-2-1-3-12(19)16-10/h1-5,8-9H,6-7H2,(H,15,21)(H,18,20). The molecule has 0 radical (unpaired) electrons. The molecule has 3 aromatic heterocycles. The molecule has 0 fully saturated rings. The topological polar surface area (TPSA) is 92.2 Å². The highest BCUT2D eigenvalue weighted by molar-refractivity contribution is 5.91. The lowest BCUT2D eigenvalue weighted by Crippen LogP contribution is -2.27. The van der Waals surface area contributed by atoms with Crippen molar-refractivity contribution < 1.29 is 4.79 Å². The minimum Gasteiger partial charge on any atom is -0.350 e. The van der Waals surface area contributed by atoms with Crippen molar-refractivity contribution in [2.75, 3.05) is 6.54 Å². The Morgan fingerprint density at radius 2 is 2.19 bits per heavy atom. The van der Waals surface area contributed by atoms with Gasteiger partial charge in [-0.2, -0.15) is 5.10 Å². The zero-order chi connectivity index (χ0) is 14.7. The maximum Gasteiger partial charge on any atom is 0.271 e. The van der Waals surface area contributed by atoms with E-state index in [0.717, 1.165) is 11.3 Å². The van der Waals surface area contributed by atoms with Crippen molar-refractivity contribution in [3.8, 4) is 0 Å². The fraction of sp³-hybridized carbons (Fsp3) is 0.143. The van der Waals surface area contributed by atoms with Gasteiger partial charge in [-0.05, 0) is 18.2 Å². The normalized spacial score (nSPS) is 10.7. The lowest BCUT2D eigenvalue weighted by molar-refractivity contribution is 0.0948. The van der Waals surface area contributed by atoms with Gasteiger partial charge >= 0.3 is 0 Å². The number of amides is 1. The number of hydrogen-bond acceptors (Lipinski definition) is 4. The van der Waals surface area contributed by atoms with Crippen LogP contribution in [0.2, 0.25) is 0 Å². The van der Waals surface area contributed by atoms with E-state index < -0.39 is 0 Å². The van der Waals surface area contributed by atoms with Gasteiger partial charge in [0.1, 0.15) is 11.3 Å². The van der Waals surface area contributed by atoms with Gasteiger partial charge < -0.3 is 9.72 Å². The van der Waals surface area contributed by atoms with Crippen LogP contribution in [0, 0.1) is 0 Å². The minimum atomic E-state index is -0.337. The Morgan fingerprint density at radius 1 is 1.29 bits per heavy atom. The molecule has 0 bridgehead atoms. The molecule has 21 heavy (non-hydrogen) atoms. The third-order valence-electron chi connectivity index (χ3n) is 2.99.